The number of rotatable bonds is 10. The summed E-state index contributed by atoms with van der Waals surface area (Å²) in [5.41, 5.74) is 0. The Bertz CT molecular complexity index is 166. The lowest BCUT2D eigenvalue weighted by molar-refractivity contribution is 0.187. The Morgan fingerprint density at radius 3 is 2.50 bits per heavy atom. The van der Waals surface area contributed by atoms with E-state index in [-0.39, 0.29) is 0 Å². The Kier molecular flexibility index (Phi) is 7.06. The lowest BCUT2D eigenvalue weighted by atomic mass is 10.1. The second kappa shape index (κ2) is 8.08. The van der Waals surface area contributed by atoms with E-state index >= 15 is 0 Å². The summed E-state index contributed by atoms with van der Waals surface area (Å²) in [6, 6.07) is 1.72. The molecule has 2 nitrogen and oxygen atoms in total. The average Bonchev–Trinajstić information content (AvgIpc) is 3.09. The van der Waals surface area contributed by atoms with Crippen LogP contribution in [0.15, 0.2) is 0 Å². The standard InChI is InChI=1S/C14H30N2/c1-4-10-15-11-6-7-13(3)16(12-5-2)14-8-9-14/h13-15H,4-12H2,1-3H3. The Balaban J connectivity index is 2.08. The van der Waals surface area contributed by atoms with Gasteiger partial charge in [0.25, 0.3) is 0 Å². The van der Waals surface area contributed by atoms with Crippen molar-refractivity contribution in [3.05, 3.63) is 0 Å². The molecule has 1 atom stereocenters. The van der Waals surface area contributed by atoms with Gasteiger partial charge in [-0.3, -0.25) is 4.90 Å². The normalized spacial score (nSPS) is 18.0. The van der Waals surface area contributed by atoms with Crippen LogP contribution in [-0.4, -0.2) is 36.6 Å². The van der Waals surface area contributed by atoms with E-state index in [0.717, 1.165) is 12.1 Å². The van der Waals surface area contributed by atoms with Gasteiger partial charge in [0, 0.05) is 12.1 Å². The number of hydrogen-bond donors (Lipinski definition) is 1. The van der Waals surface area contributed by atoms with Gasteiger partial charge in [-0.05, 0) is 65.1 Å². The molecule has 0 radical (unpaired) electrons. The molecule has 0 aromatic heterocycles. The average molecular weight is 226 g/mol. The molecular weight excluding hydrogens is 196 g/mol. The quantitative estimate of drug-likeness (QED) is 0.576. The van der Waals surface area contributed by atoms with Gasteiger partial charge in [-0.2, -0.15) is 0 Å². The molecule has 0 saturated heterocycles. The van der Waals surface area contributed by atoms with E-state index in [2.05, 4.69) is 31.0 Å². The largest absolute Gasteiger partial charge is 0.317 e. The van der Waals surface area contributed by atoms with E-state index in [9.17, 15) is 0 Å². The number of nitrogens with zero attached hydrogens (tertiary/aromatic N) is 1. The number of hydrogen-bond acceptors (Lipinski definition) is 2. The van der Waals surface area contributed by atoms with Crippen molar-refractivity contribution >= 4 is 0 Å². The molecule has 16 heavy (non-hydrogen) atoms. The summed E-state index contributed by atoms with van der Waals surface area (Å²) < 4.78 is 0. The third kappa shape index (κ3) is 5.31. The van der Waals surface area contributed by atoms with Gasteiger partial charge >= 0.3 is 0 Å². The van der Waals surface area contributed by atoms with Crippen LogP contribution in [0.3, 0.4) is 0 Å². The predicted molar refractivity (Wildman–Crippen MR) is 71.9 cm³/mol. The maximum absolute atomic E-state index is 3.49. The van der Waals surface area contributed by atoms with Crippen LogP contribution in [0.25, 0.3) is 0 Å². The van der Waals surface area contributed by atoms with Crippen LogP contribution in [0.4, 0.5) is 0 Å². The first-order chi connectivity index (χ1) is 7.79. The summed E-state index contributed by atoms with van der Waals surface area (Å²) in [4.78, 5) is 2.74. The molecule has 0 heterocycles. The van der Waals surface area contributed by atoms with Gasteiger partial charge < -0.3 is 5.32 Å². The highest BCUT2D eigenvalue weighted by molar-refractivity contribution is 4.87. The van der Waals surface area contributed by atoms with Crippen LogP contribution in [0.1, 0.15) is 59.3 Å². The molecule has 0 amide bonds. The Labute approximate surface area is 102 Å². The molecule has 1 N–H and O–H groups in total. The molecule has 1 fully saturated rings. The van der Waals surface area contributed by atoms with Gasteiger partial charge in [-0.25, -0.2) is 0 Å². The first-order valence-electron chi connectivity index (χ1n) is 7.26. The van der Waals surface area contributed by atoms with Crippen LogP contribution in [0, 0.1) is 0 Å². The van der Waals surface area contributed by atoms with Crippen molar-refractivity contribution < 1.29 is 0 Å². The minimum atomic E-state index is 0.788. The molecule has 1 aliphatic rings. The van der Waals surface area contributed by atoms with E-state index in [1.54, 1.807) is 0 Å². The molecule has 0 bridgehead atoms. The Hall–Kier alpha value is -0.0800. The minimum Gasteiger partial charge on any atom is -0.317 e. The van der Waals surface area contributed by atoms with Gasteiger partial charge in [0.2, 0.25) is 0 Å². The van der Waals surface area contributed by atoms with Crippen molar-refractivity contribution in [1.29, 1.82) is 0 Å². The van der Waals surface area contributed by atoms with Crippen molar-refractivity contribution in [2.45, 2.75) is 71.4 Å². The lowest BCUT2D eigenvalue weighted by Crippen LogP contribution is -2.36. The summed E-state index contributed by atoms with van der Waals surface area (Å²) in [5, 5.41) is 3.49. The molecule has 96 valence electrons. The van der Waals surface area contributed by atoms with Gasteiger partial charge in [0.15, 0.2) is 0 Å². The van der Waals surface area contributed by atoms with E-state index < -0.39 is 0 Å². The molecule has 1 aliphatic carbocycles. The number of nitrogens with one attached hydrogen (secondary N) is 1. The SMILES string of the molecule is CCCNCCCC(C)N(CCC)C1CC1. The highest BCUT2D eigenvalue weighted by atomic mass is 15.2. The van der Waals surface area contributed by atoms with Crippen LogP contribution in [0.5, 0.6) is 0 Å². The summed E-state index contributed by atoms with van der Waals surface area (Å²) in [7, 11) is 0. The molecule has 0 aliphatic heterocycles. The summed E-state index contributed by atoms with van der Waals surface area (Å²) in [6.45, 7) is 10.6. The fourth-order valence-corrected chi connectivity index (χ4v) is 2.42. The Morgan fingerprint density at radius 1 is 1.19 bits per heavy atom. The third-order valence-electron chi connectivity index (χ3n) is 3.47. The lowest BCUT2D eigenvalue weighted by Gasteiger charge is -2.28. The zero-order valence-corrected chi connectivity index (χ0v) is 11.5. The van der Waals surface area contributed by atoms with Crippen LogP contribution >= 0.6 is 0 Å². The molecule has 0 spiro atoms. The summed E-state index contributed by atoms with van der Waals surface area (Å²) in [5.74, 6) is 0. The summed E-state index contributed by atoms with van der Waals surface area (Å²) >= 11 is 0. The minimum absolute atomic E-state index is 0.788. The molecule has 1 rings (SSSR count). The van der Waals surface area contributed by atoms with E-state index in [4.69, 9.17) is 0 Å². The van der Waals surface area contributed by atoms with Crippen LogP contribution in [-0.2, 0) is 0 Å². The fourth-order valence-electron chi connectivity index (χ4n) is 2.42. The van der Waals surface area contributed by atoms with E-state index in [0.29, 0.717) is 0 Å². The first kappa shape index (κ1) is 14.0. The molecule has 2 heteroatoms. The van der Waals surface area contributed by atoms with Gasteiger partial charge in [0.05, 0.1) is 0 Å². The molecular formula is C14H30N2. The molecule has 1 saturated carbocycles. The predicted octanol–water partition coefficient (Wildman–Crippen LogP) is 3.03. The van der Waals surface area contributed by atoms with Crippen molar-refractivity contribution in [2.75, 3.05) is 19.6 Å². The fraction of sp³-hybridized carbons (Fsp3) is 1.00. The zero-order valence-electron chi connectivity index (χ0n) is 11.5. The summed E-state index contributed by atoms with van der Waals surface area (Å²) in [6.07, 6.45) is 8.12. The van der Waals surface area contributed by atoms with Gasteiger partial charge in [-0.15, -0.1) is 0 Å². The smallest absolute Gasteiger partial charge is 0.00992 e. The van der Waals surface area contributed by atoms with Gasteiger partial charge in [-0.1, -0.05) is 13.8 Å². The maximum Gasteiger partial charge on any atom is 0.00992 e. The van der Waals surface area contributed by atoms with Crippen molar-refractivity contribution in [3.63, 3.8) is 0 Å². The first-order valence-corrected chi connectivity index (χ1v) is 7.26. The maximum atomic E-state index is 3.49. The molecule has 1 unspecified atom stereocenters. The highest BCUT2D eigenvalue weighted by Gasteiger charge is 2.30. The van der Waals surface area contributed by atoms with Gasteiger partial charge in [0.1, 0.15) is 0 Å². The van der Waals surface area contributed by atoms with E-state index in [1.165, 1.54) is 58.2 Å². The second-order valence-electron chi connectivity index (χ2n) is 5.21. The Morgan fingerprint density at radius 2 is 1.94 bits per heavy atom. The highest BCUT2D eigenvalue weighted by Crippen LogP contribution is 2.29. The van der Waals surface area contributed by atoms with Crippen molar-refractivity contribution in [2.24, 2.45) is 0 Å². The van der Waals surface area contributed by atoms with Crippen LogP contribution < -0.4 is 5.32 Å². The van der Waals surface area contributed by atoms with Crippen molar-refractivity contribution in [1.82, 2.24) is 10.2 Å². The monoisotopic (exact) mass is 226 g/mol. The molecule has 0 aromatic rings. The zero-order chi connectivity index (χ0) is 11.8. The van der Waals surface area contributed by atoms with E-state index in [1.807, 2.05) is 0 Å². The third-order valence-corrected chi connectivity index (χ3v) is 3.47. The van der Waals surface area contributed by atoms with Crippen LogP contribution in [0.2, 0.25) is 0 Å². The van der Waals surface area contributed by atoms with Crippen molar-refractivity contribution in [3.8, 4) is 0 Å². The topological polar surface area (TPSA) is 15.3 Å². The second-order valence-corrected chi connectivity index (χ2v) is 5.21. The molecule has 0 aromatic carbocycles.